The van der Waals surface area contributed by atoms with E-state index >= 15 is 0 Å². The van der Waals surface area contributed by atoms with Gasteiger partial charge in [-0.1, -0.05) is 0 Å². The highest BCUT2D eigenvalue weighted by Gasteiger charge is 2.42. The maximum absolute atomic E-state index is 5.64. The minimum absolute atomic E-state index is 0.592. The molecule has 2 aliphatic rings. The zero-order chi connectivity index (χ0) is 15.8. The van der Waals surface area contributed by atoms with Crippen molar-refractivity contribution in [1.29, 1.82) is 0 Å². The number of nitrogens with one attached hydrogen (secondary N) is 1. The first kappa shape index (κ1) is 14.9. The summed E-state index contributed by atoms with van der Waals surface area (Å²) in [5.41, 5.74) is 6.56. The summed E-state index contributed by atoms with van der Waals surface area (Å²) < 4.78 is 0. The second-order valence-electron chi connectivity index (χ2n) is 7.10. The molecule has 2 aromatic heterocycles. The van der Waals surface area contributed by atoms with Crippen molar-refractivity contribution < 1.29 is 0 Å². The van der Waals surface area contributed by atoms with Crippen molar-refractivity contribution in [2.75, 3.05) is 38.1 Å². The van der Waals surface area contributed by atoms with Crippen LogP contribution in [0.2, 0.25) is 0 Å². The van der Waals surface area contributed by atoms with E-state index in [-0.39, 0.29) is 0 Å². The van der Waals surface area contributed by atoms with Gasteiger partial charge >= 0.3 is 0 Å². The van der Waals surface area contributed by atoms with Crippen LogP contribution >= 0.6 is 0 Å². The summed E-state index contributed by atoms with van der Waals surface area (Å²) in [7, 11) is 2.19. The summed E-state index contributed by atoms with van der Waals surface area (Å²) in [4.78, 5) is 17.0. The van der Waals surface area contributed by atoms with Gasteiger partial charge in [0.1, 0.15) is 17.8 Å². The molecule has 2 fully saturated rings. The number of hydrogen-bond donors (Lipinski definition) is 2. The van der Waals surface area contributed by atoms with Gasteiger partial charge in [-0.2, -0.15) is 0 Å². The Hall–Kier alpha value is -1.66. The highest BCUT2D eigenvalue weighted by molar-refractivity contribution is 5.87. The SMILES string of the molecule is CN(c1ncnc2[nH]ccc12)C1C[C@@H]2CN(CCCN)C[C@@H]2C1. The van der Waals surface area contributed by atoms with E-state index in [4.69, 9.17) is 5.73 Å². The molecule has 1 aliphatic heterocycles. The molecule has 0 spiro atoms. The molecule has 1 aliphatic carbocycles. The number of nitrogens with two attached hydrogens (primary N) is 1. The molecule has 4 rings (SSSR count). The third-order valence-electron chi connectivity index (χ3n) is 5.69. The van der Waals surface area contributed by atoms with Gasteiger partial charge in [0.15, 0.2) is 0 Å². The van der Waals surface area contributed by atoms with E-state index in [0.29, 0.717) is 6.04 Å². The number of H-pyrrole nitrogens is 1. The molecule has 6 nitrogen and oxygen atoms in total. The van der Waals surface area contributed by atoms with Crippen molar-refractivity contribution in [2.24, 2.45) is 17.6 Å². The predicted octanol–water partition coefficient (Wildman–Crippen LogP) is 1.45. The molecule has 3 atom stereocenters. The lowest BCUT2D eigenvalue weighted by atomic mass is 10.0. The van der Waals surface area contributed by atoms with Crippen molar-refractivity contribution in [2.45, 2.75) is 25.3 Å². The second kappa shape index (κ2) is 6.09. The van der Waals surface area contributed by atoms with Crippen LogP contribution in [0.3, 0.4) is 0 Å². The molecule has 3 heterocycles. The molecule has 23 heavy (non-hydrogen) atoms. The lowest BCUT2D eigenvalue weighted by Gasteiger charge is -2.27. The van der Waals surface area contributed by atoms with Crippen LogP contribution in [0.1, 0.15) is 19.3 Å². The van der Waals surface area contributed by atoms with Crippen molar-refractivity contribution >= 4 is 16.9 Å². The van der Waals surface area contributed by atoms with Crippen LogP contribution in [0.25, 0.3) is 11.0 Å². The Bertz CT molecular complexity index is 654. The van der Waals surface area contributed by atoms with Crippen LogP contribution in [0, 0.1) is 11.8 Å². The topological polar surface area (TPSA) is 74.1 Å². The molecule has 124 valence electrons. The minimum Gasteiger partial charge on any atom is -0.356 e. The first-order valence-electron chi connectivity index (χ1n) is 8.69. The van der Waals surface area contributed by atoms with E-state index in [1.807, 2.05) is 6.20 Å². The Balaban J connectivity index is 1.44. The zero-order valence-electron chi connectivity index (χ0n) is 13.8. The van der Waals surface area contributed by atoms with Gasteiger partial charge in [0.05, 0.1) is 5.39 Å². The molecule has 3 N–H and O–H groups in total. The monoisotopic (exact) mass is 314 g/mol. The van der Waals surface area contributed by atoms with Crippen molar-refractivity contribution in [3.63, 3.8) is 0 Å². The average Bonchev–Trinajstić information content (AvgIpc) is 3.25. The van der Waals surface area contributed by atoms with Gasteiger partial charge in [0.2, 0.25) is 0 Å². The summed E-state index contributed by atoms with van der Waals surface area (Å²) in [6.45, 7) is 4.47. The molecule has 0 aromatic carbocycles. The number of aromatic nitrogens is 3. The third kappa shape index (κ3) is 2.70. The highest BCUT2D eigenvalue weighted by atomic mass is 15.2. The van der Waals surface area contributed by atoms with Gasteiger partial charge < -0.3 is 20.5 Å². The van der Waals surface area contributed by atoms with Gasteiger partial charge in [-0.3, -0.25) is 0 Å². The number of hydrogen-bond acceptors (Lipinski definition) is 5. The first-order chi connectivity index (χ1) is 11.3. The van der Waals surface area contributed by atoms with Crippen molar-refractivity contribution in [3.8, 4) is 0 Å². The number of nitrogens with zero attached hydrogens (tertiary/aromatic N) is 4. The standard InChI is InChI=1S/C17H26N6/c1-22(17-15-3-5-19-16(15)20-11-21-17)14-7-12-9-23(6-2-4-18)10-13(12)8-14/h3,5,11-14H,2,4,6-10,18H2,1H3,(H,19,20,21)/t12-,13+,14?. The molecule has 0 bridgehead atoms. The lowest BCUT2D eigenvalue weighted by Crippen LogP contribution is -2.33. The Morgan fingerprint density at radius 2 is 2.09 bits per heavy atom. The van der Waals surface area contributed by atoms with E-state index in [0.717, 1.165) is 41.7 Å². The van der Waals surface area contributed by atoms with E-state index < -0.39 is 0 Å². The van der Waals surface area contributed by atoms with Gasteiger partial charge in [0.25, 0.3) is 0 Å². The van der Waals surface area contributed by atoms with E-state index in [9.17, 15) is 0 Å². The molecule has 1 unspecified atom stereocenters. The zero-order valence-corrected chi connectivity index (χ0v) is 13.8. The quantitative estimate of drug-likeness (QED) is 0.874. The Morgan fingerprint density at radius 3 is 2.83 bits per heavy atom. The maximum atomic E-state index is 5.64. The molecule has 6 heteroatoms. The van der Waals surface area contributed by atoms with Crippen LogP contribution in [0.5, 0.6) is 0 Å². The predicted molar refractivity (Wildman–Crippen MR) is 92.4 cm³/mol. The van der Waals surface area contributed by atoms with Crippen LogP contribution in [0.4, 0.5) is 5.82 Å². The molecule has 2 aromatic rings. The van der Waals surface area contributed by atoms with Crippen molar-refractivity contribution in [3.05, 3.63) is 18.6 Å². The fraction of sp³-hybridized carbons (Fsp3) is 0.647. The molecule has 1 saturated carbocycles. The Morgan fingerprint density at radius 1 is 1.30 bits per heavy atom. The summed E-state index contributed by atoms with van der Waals surface area (Å²) in [5.74, 6) is 2.73. The number of likely N-dealkylation sites (tertiary alicyclic amines) is 1. The van der Waals surface area contributed by atoms with Crippen molar-refractivity contribution in [1.82, 2.24) is 19.9 Å². The summed E-state index contributed by atoms with van der Waals surface area (Å²) in [6.07, 6.45) is 7.27. The lowest BCUT2D eigenvalue weighted by molar-refractivity contribution is 0.304. The van der Waals surface area contributed by atoms with Gasteiger partial charge in [-0.25, -0.2) is 9.97 Å². The maximum Gasteiger partial charge on any atom is 0.142 e. The molecule has 0 amide bonds. The fourth-order valence-electron chi connectivity index (χ4n) is 4.49. The average molecular weight is 314 g/mol. The largest absolute Gasteiger partial charge is 0.356 e. The third-order valence-corrected chi connectivity index (χ3v) is 5.69. The number of rotatable bonds is 5. The van der Waals surface area contributed by atoms with Crippen LogP contribution < -0.4 is 10.6 Å². The smallest absolute Gasteiger partial charge is 0.142 e. The van der Waals surface area contributed by atoms with E-state index in [2.05, 4.69) is 37.9 Å². The van der Waals surface area contributed by atoms with Gasteiger partial charge in [-0.05, 0) is 50.3 Å². The molecular weight excluding hydrogens is 288 g/mol. The summed E-state index contributed by atoms with van der Waals surface area (Å²) in [5, 5.41) is 1.12. The van der Waals surface area contributed by atoms with Crippen LogP contribution in [-0.4, -0.2) is 59.1 Å². The summed E-state index contributed by atoms with van der Waals surface area (Å²) in [6, 6.07) is 2.67. The minimum atomic E-state index is 0.592. The number of anilines is 1. The van der Waals surface area contributed by atoms with E-state index in [1.165, 1.54) is 32.5 Å². The van der Waals surface area contributed by atoms with Crippen LogP contribution in [-0.2, 0) is 0 Å². The number of aromatic amines is 1. The Kier molecular flexibility index (Phi) is 3.95. The molecule has 1 saturated heterocycles. The fourth-order valence-corrected chi connectivity index (χ4v) is 4.49. The number of fused-ring (bicyclic) bond motifs is 2. The summed E-state index contributed by atoms with van der Waals surface area (Å²) >= 11 is 0. The molecule has 0 radical (unpaired) electrons. The Labute approximate surface area is 137 Å². The highest BCUT2D eigenvalue weighted by Crippen LogP contribution is 2.41. The normalized spacial score (nSPS) is 27.7. The first-order valence-corrected chi connectivity index (χ1v) is 8.69. The molecular formula is C17H26N6. The van der Waals surface area contributed by atoms with Gasteiger partial charge in [-0.15, -0.1) is 0 Å². The van der Waals surface area contributed by atoms with Gasteiger partial charge in [0, 0.05) is 32.4 Å². The van der Waals surface area contributed by atoms with E-state index in [1.54, 1.807) is 6.33 Å². The van der Waals surface area contributed by atoms with Crippen LogP contribution in [0.15, 0.2) is 18.6 Å². The second-order valence-corrected chi connectivity index (χ2v) is 7.10.